The number of hydrogen-bond acceptors (Lipinski definition) is 5. The molecule has 6 rings (SSSR count). The van der Waals surface area contributed by atoms with Crippen molar-refractivity contribution in [1.29, 1.82) is 0 Å². The first-order valence-corrected chi connectivity index (χ1v) is 10.9. The number of benzene rings is 1. The summed E-state index contributed by atoms with van der Waals surface area (Å²) in [5, 5.41) is 6.25. The Morgan fingerprint density at radius 3 is 2.48 bits per heavy atom. The van der Waals surface area contributed by atoms with Crippen molar-refractivity contribution in [2.24, 2.45) is 17.8 Å². The molecule has 0 spiro atoms. The molecule has 0 radical (unpaired) electrons. The summed E-state index contributed by atoms with van der Waals surface area (Å²) in [4.78, 5) is 33.0. The van der Waals surface area contributed by atoms with Gasteiger partial charge in [-0.15, -0.1) is 0 Å². The number of carbonyl (C=O) groups is 2. The second kappa shape index (κ2) is 7.23. The Morgan fingerprint density at radius 1 is 1.10 bits per heavy atom. The maximum absolute atomic E-state index is 12.5. The van der Waals surface area contributed by atoms with Crippen molar-refractivity contribution in [2.45, 2.75) is 44.1 Å². The van der Waals surface area contributed by atoms with Crippen LogP contribution in [0.5, 0.6) is 5.88 Å². The number of imide groups is 1. The minimum Gasteiger partial charge on any atom is -0.467 e. The van der Waals surface area contributed by atoms with Crippen molar-refractivity contribution in [3.8, 4) is 5.88 Å². The van der Waals surface area contributed by atoms with Gasteiger partial charge in [-0.1, -0.05) is 15.9 Å². The van der Waals surface area contributed by atoms with Crippen LogP contribution in [0.25, 0.3) is 10.9 Å². The largest absolute Gasteiger partial charge is 0.467 e. The van der Waals surface area contributed by atoms with Crippen molar-refractivity contribution in [3.05, 3.63) is 29.0 Å². The van der Waals surface area contributed by atoms with Gasteiger partial charge in [-0.3, -0.25) is 10.1 Å². The zero-order chi connectivity index (χ0) is 20.0. The first-order chi connectivity index (χ1) is 14.0. The third-order valence-corrected chi connectivity index (χ3v) is 7.06. The fourth-order valence-electron chi connectivity index (χ4n) is 5.95. The molecule has 4 saturated carbocycles. The van der Waals surface area contributed by atoms with Gasteiger partial charge in [-0.2, -0.15) is 0 Å². The van der Waals surface area contributed by atoms with E-state index >= 15 is 0 Å². The number of aromatic nitrogens is 2. The number of rotatable bonds is 4. The van der Waals surface area contributed by atoms with E-state index in [-0.39, 0.29) is 12.1 Å². The summed E-state index contributed by atoms with van der Waals surface area (Å²) in [7, 11) is 0. The van der Waals surface area contributed by atoms with E-state index < -0.39 is 11.9 Å². The Morgan fingerprint density at radius 2 is 1.79 bits per heavy atom. The number of ether oxygens (including phenoxy) is 1. The summed E-state index contributed by atoms with van der Waals surface area (Å²) in [6, 6.07) is 5.13. The average molecular weight is 459 g/mol. The van der Waals surface area contributed by atoms with Crippen LogP contribution in [0, 0.1) is 17.8 Å². The molecule has 3 amide bonds. The summed E-state index contributed by atoms with van der Waals surface area (Å²) in [6.45, 7) is -0.285. The smallest absolute Gasteiger partial charge is 0.321 e. The molecule has 0 unspecified atom stereocenters. The highest BCUT2D eigenvalue weighted by molar-refractivity contribution is 9.10. The average Bonchev–Trinajstić information content (AvgIpc) is 2.64. The maximum atomic E-state index is 12.5. The first kappa shape index (κ1) is 18.8. The van der Waals surface area contributed by atoms with E-state index in [1.54, 1.807) is 0 Å². The number of hydrogen-bond donors (Lipinski definition) is 2. The molecular formula is C21H23BrN4O3. The number of nitrogens with one attached hydrogen (secondary N) is 2. The van der Waals surface area contributed by atoms with Crippen LogP contribution in [0.1, 0.15) is 38.5 Å². The summed E-state index contributed by atoms with van der Waals surface area (Å²) < 4.78 is 6.43. The molecule has 152 valence electrons. The molecule has 4 aliphatic carbocycles. The molecule has 0 saturated heterocycles. The predicted molar refractivity (Wildman–Crippen MR) is 110 cm³/mol. The fraction of sp³-hybridized carbons (Fsp3) is 0.524. The topological polar surface area (TPSA) is 93.2 Å². The molecule has 4 fully saturated rings. The van der Waals surface area contributed by atoms with Crippen LogP contribution in [0.15, 0.2) is 29.0 Å². The van der Waals surface area contributed by atoms with E-state index in [2.05, 4.69) is 36.5 Å². The summed E-state index contributed by atoms with van der Waals surface area (Å²) >= 11 is 3.41. The standard InChI is InChI=1S/C21H23BrN4O3/c22-15-1-2-17-16(6-15)19(24-11-23-17)29-10-18(27)25-20(28)26-21-7-12-3-13(8-21)5-14(4-12)9-21/h1-2,6,11-14H,3-5,7-10H2,(H2,25,26,27,28). The molecule has 4 bridgehead atoms. The molecule has 8 heteroatoms. The van der Waals surface area contributed by atoms with E-state index in [1.165, 1.54) is 25.6 Å². The lowest BCUT2D eigenvalue weighted by molar-refractivity contribution is -0.122. The van der Waals surface area contributed by atoms with Crippen LogP contribution in [-0.4, -0.2) is 34.1 Å². The van der Waals surface area contributed by atoms with E-state index in [0.717, 1.165) is 47.0 Å². The Kier molecular flexibility index (Phi) is 4.69. The van der Waals surface area contributed by atoms with Gasteiger partial charge in [0, 0.05) is 10.0 Å². The van der Waals surface area contributed by atoms with Crippen LogP contribution in [-0.2, 0) is 4.79 Å². The Bertz CT molecular complexity index is 944. The highest BCUT2D eigenvalue weighted by atomic mass is 79.9. The third kappa shape index (κ3) is 3.82. The summed E-state index contributed by atoms with van der Waals surface area (Å²) in [5.74, 6) is 2.00. The predicted octanol–water partition coefficient (Wildman–Crippen LogP) is 3.57. The number of halogens is 1. The zero-order valence-electron chi connectivity index (χ0n) is 16.0. The molecule has 1 aromatic heterocycles. The zero-order valence-corrected chi connectivity index (χ0v) is 17.6. The highest BCUT2D eigenvalue weighted by Gasteiger charge is 2.51. The maximum Gasteiger partial charge on any atom is 0.321 e. The minimum atomic E-state index is -0.492. The Labute approximate surface area is 177 Å². The summed E-state index contributed by atoms with van der Waals surface area (Å²) in [6.07, 6.45) is 8.43. The van der Waals surface area contributed by atoms with Gasteiger partial charge < -0.3 is 10.1 Å². The van der Waals surface area contributed by atoms with Gasteiger partial charge in [0.05, 0.1) is 10.9 Å². The van der Waals surface area contributed by atoms with Crippen LogP contribution in [0.2, 0.25) is 0 Å². The third-order valence-electron chi connectivity index (χ3n) is 6.57. The number of carbonyl (C=O) groups excluding carboxylic acids is 2. The fourth-order valence-corrected chi connectivity index (χ4v) is 6.31. The van der Waals surface area contributed by atoms with Crippen molar-refractivity contribution < 1.29 is 14.3 Å². The lowest BCUT2D eigenvalue weighted by Gasteiger charge is -2.56. The SMILES string of the molecule is O=C(COc1ncnc2ccc(Br)cc12)NC(=O)NC12CC3CC(CC(C3)C1)C2. The van der Waals surface area contributed by atoms with Gasteiger partial charge >= 0.3 is 6.03 Å². The van der Waals surface area contributed by atoms with Crippen LogP contribution in [0.3, 0.4) is 0 Å². The molecule has 1 aromatic carbocycles. The summed E-state index contributed by atoms with van der Waals surface area (Å²) in [5.41, 5.74) is 0.591. The Hall–Kier alpha value is -2.22. The number of fused-ring (bicyclic) bond motifs is 1. The molecule has 4 aliphatic rings. The van der Waals surface area contributed by atoms with Crippen LogP contribution in [0.4, 0.5) is 4.79 Å². The van der Waals surface area contributed by atoms with Crippen molar-refractivity contribution in [2.75, 3.05) is 6.61 Å². The van der Waals surface area contributed by atoms with E-state index in [0.29, 0.717) is 11.3 Å². The number of nitrogens with zero attached hydrogens (tertiary/aromatic N) is 2. The highest BCUT2D eigenvalue weighted by Crippen LogP contribution is 2.55. The van der Waals surface area contributed by atoms with Gasteiger partial charge in [0.15, 0.2) is 6.61 Å². The second-order valence-corrected chi connectivity index (χ2v) is 9.74. The van der Waals surface area contributed by atoms with E-state index in [1.807, 2.05) is 18.2 Å². The second-order valence-electron chi connectivity index (χ2n) is 8.83. The Balaban J connectivity index is 1.19. The van der Waals surface area contributed by atoms with Crippen LogP contribution >= 0.6 is 15.9 Å². The quantitative estimate of drug-likeness (QED) is 0.730. The van der Waals surface area contributed by atoms with Gasteiger partial charge in [-0.05, 0) is 74.5 Å². The number of amides is 3. The molecule has 0 atom stereocenters. The molecule has 2 aromatic rings. The molecule has 0 aliphatic heterocycles. The normalized spacial score (nSPS) is 29.6. The van der Waals surface area contributed by atoms with E-state index in [9.17, 15) is 9.59 Å². The van der Waals surface area contributed by atoms with Crippen LogP contribution < -0.4 is 15.4 Å². The van der Waals surface area contributed by atoms with Gasteiger partial charge in [0.1, 0.15) is 6.33 Å². The minimum absolute atomic E-state index is 0.130. The van der Waals surface area contributed by atoms with Gasteiger partial charge in [0.25, 0.3) is 5.91 Å². The van der Waals surface area contributed by atoms with E-state index in [4.69, 9.17) is 4.74 Å². The monoisotopic (exact) mass is 458 g/mol. The van der Waals surface area contributed by atoms with Crippen molar-refractivity contribution in [3.63, 3.8) is 0 Å². The first-order valence-electron chi connectivity index (χ1n) is 10.1. The van der Waals surface area contributed by atoms with Gasteiger partial charge in [0.2, 0.25) is 5.88 Å². The molecule has 29 heavy (non-hydrogen) atoms. The molecule has 1 heterocycles. The lowest BCUT2D eigenvalue weighted by Crippen LogP contribution is -2.62. The molecular weight excluding hydrogens is 436 g/mol. The van der Waals surface area contributed by atoms with Gasteiger partial charge in [-0.25, -0.2) is 14.8 Å². The van der Waals surface area contributed by atoms with Crippen molar-refractivity contribution >= 4 is 38.8 Å². The molecule has 2 N–H and O–H groups in total. The number of urea groups is 1. The molecule has 7 nitrogen and oxygen atoms in total. The van der Waals surface area contributed by atoms with Crippen molar-refractivity contribution in [1.82, 2.24) is 20.6 Å². The lowest BCUT2D eigenvalue weighted by atomic mass is 9.53.